The van der Waals surface area contributed by atoms with Crippen LogP contribution in [0.3, 0.4) is 0 Å². The van der Waals surface area contributed by atoms with Gasteiger partial charge < -0.3 is 4.74 Å². The molecule has 0 radical (unpaired) electrons. The van der Waals surface area contributed by atoms with Crippen LogP contribution in [0.1, 0.15) is 5.82 Å². The molecular formula is C15H13Cl2N3O. The molecule has 0 spiro atoms. The summed E-state index contributed by atoms with van der Waals surface area (Å²) in [6.07, 6.45) is 0.630. The Labute approximate surface area is 132 Å². The van der Waals surface area contributed by atoms with Crippen molar-refractivity contribution in [3.8, 4) is 11.6 Å². The fourth-order valence-electron chi connectivity index (χ4n) is 2.24. The second-order valence-corrected chi connectivity index (χ2v) is 5.24. The molecule has 0 fully saturated rings. The van der Waals surface area contributed by atoms with Crippen molar-refractivity contribution >= 4 is 34.4 Å². The molecule has 0 saturated carbocycles. The number of imidazole rings is 1. The number of ether oxygens (including phenoxy) is 1. The molecule has 21 heavy (non-hydrogen) atoms. The van der Waals surface area contributed by atoms with Crippen LogP contribution < -0.4 is 4.74 Å². The fraction of sp³-hybridized carbons (Fsp3) is 0.200. The Morgan fingerprint density at radius 2 is 1.95 bits per heavy atom. The number of methoxy groups -OCH3 is 1. The van der Waals surface area contributed by atoms with Gasteiger partial charge in [-0.15, -0.1) is 11.6 Å². The first-order valence-electron chi connectivity index (χ1n) is 6.48. The Morgan fingerprint density at radius 1 is 1.14 bits per heavy atom. The highest BCUT2D eigenvalue weighted by molar-refractivity contribution is 6.32. The maximum atomic E-state index is 6.32. The highest BCUT2D eigenvalue weighted by Gasteiger charge is 2.16. The second kappa shape index (κ2) is 5.92. The predicted octanol–water partition coefficient (Wildman–Crippen LogP) is 3.86. The third-order valence-corrected chi connectivity index (χ3v) is 3.68. The molecule has 4 nitrogen and oxygen atoms in total. The molecule has 0 N–H and O–H groups in total. The molecule has 0 aliphatic rings. The van der Waals surface area contributed by atoms with Gasteiger partial charge in [0, 0.05) is 18.4 Å². The minimum atomic E-state index is 0.477. The van der Waals surface area contributed by atoms with E-state index in [-0.39, 0.29) is 0 Å². The molecule has 1 aromatic carbocycles. The van der Waals surface area contributed by atoms with Gasteiger partial charge in [0.1, 0.15) is 11.3 Å². The number of aryl methyl sites for hydroxylation is 1. The number of benzene rings is 1. The van der Waals surface area contributed by atoms with Gasteiger partial charge in [0.15, 0.2) is 5.65 Å². The third kappa shape index (κ3) is 2.57. The molecule has 3 rings (SSSR count). The van der Waals surface area contributed by atoms with Gasteiger partial charge in [-0.25, -0.2) is 4.98 Å². The summed E-state index contributed by atoms with van der Waals surface area (Å²) in [7, 11) is 1.59. The summed E-state index contributed by atoms with van der Waals surface area (Å²) >= 11 is 12.2. The van der Waals surface area contributed by atoms with Crippen LogP contribution >= 0.6 is 23.2 Å². The Hall–Kier alpha value is -1.78. The smallest absolute Gasteiger partial charge is 0.215 e. The predicted molar refractivity (Wildman–Crippen MR) is 84.9 cm³/mol. The summed E-state index contributed by atoms with van der Waals surface area (Å²) in [6.45, 7) is 0. The quantitative estimate of drug-likeness (QED) is 0.685. The Bertz CT molecular complexity index is 786. The molecule has 108 valence electrons. The van der Waals surface area contributed by atoms with E-state index in [1.54, 1.807) is 13.2 Å². The SMILES string of the molecule is COc1ccc2nc(CCCl)n(-c3ccccc3Cl)c2n1. The molecule has 0 saturated heterocycles. The van der Waals surface area contributed by atoms with Crippen LogP contribution in [0.15, 0.2) is 36.4 Å². The minimum Gasteiger partial charge on any atom is -0.481 e. The van der Waals surface area contributed by atoms with Gasteiger partial charge >= 0.3 is 0 Å². The molecule has 0 unspecified atom stereocenters. The van der Waals surface area contributed by atoms with E-state index in [9.17, 15) is 0 Å². The largest absolute Gasteiger partial charge is 0.481 e. The number of alkyl halides is 1. The van der Waals surface area contributed by atoms with Crippen molar-refractivity contribution in [3.63, 3.8) is 0 Å². The average Bonchev–Trinajstić information content (AvgIpc) is 2.85. The van der Waals surface area contributed by atoms with E-state index in [1.165, 1.54) is 0 Å². The van der Waals surface area contributed by atoms with E-state index in [2.05, 4.69) is 9.97 Å². The van der Waals surface area contributed by atoms with E-state index in [0.29, 0.717) is 28.9 Å². The number of pyridine rings is 1. The molecular weight excluding hydrogens is 309 g/mol. The van der Waals surface area contributed by atoms with Crippen LogP contribution in [-0.4, -0.2) is 27.5 Å². The first-order valence-corrected chi connectivity index (χ1v) is 7.39. The van der Waals surface area contributed by atoms with Crippen molar-refractivity contribution in [1.29, 1.82) is 0 Å². The van der Waals surface area contributed by atoms with Gasteiger partial charge in [-0.3, -0.25) is 4.57 Å². The van der Waals surface area contributed by atoms with Gasteiger partial charge in [0.05, 0.1) is 17.8 Å². The normalized spacial score (nSPS) is 11.0. The van der Waals surface area contributed by atoms with Crippen molar-refractivity contribution in [3.05, 3.63) is 47.2 Å². The Balaban J connectivity index is 2.31. The van der Waals surface area contributed by atoms with Gasteiger partial charge in [-0.05, 0) is 18.2 Å². The first kappa shape index (κ1) is 14.2. The van der Waals surface area contributed by atoms with Crippen LogP contribution in [0.5, 0.6) is 5.88 Å². The van der Waals surface area contributed by atoms with Crippen molar-refractivity contribution < 1.29 is 4.74 Å². The molecule has 6 heteroatoms. The van der Waals surface area contributed by atoms with Crippen molar-refractivity contribution in [1.82, 2.24) is 14.5 Å². The topological polar surface area (TPSA) is 39.9 Å². The number of rotatable bonds is 4. The van der Waals surface area contributed by atoms with Crippen molar-refractivity contribution in [2.45, 2.75) is 6.42 Å². The molecule has 0 aliphatic heterocycles. The molecule has 0 aliphatic carbocycles. The molecule has 0 amide bonds. The number of fused-ring (bicyclic) bond motifs is 1. The lowest BCUT2D eigenvalue weighted by atomic mass is 10.3. The number of halogens is 2. The molecule has 2 heterocycles. The van der Waals surface area contributed by atoms with Crippen LogP contribution in [0.25, 0.3) is 16.9 Å². The zero-order valence-corrected chi connectivity index (χ0v) is 12.9. The van der Waals surface area contributed by atoms with Gasteiger partial charge in [-0.2, -0.15) is 4.98 Å². The van der Waals surface area contributed by atoms with E-state index in [1.807, 2.05) is 34.9 Å². The monoisotopic (exact) mass is 321 g/mol. The molecule has 0 atom stereocenters. The summed E-state index contributed by atoms with van der Waals surface area (Å²) in [4.78, 5) is 9.09. The Kier molecular flexibility index (Phi) is 3.99. The molecule has 2 aromatic heterocycles. The number of hydrogen-bond acceptors (Lipinski definition) is 3. The summed E-state index contributed by atoms with van der Waals surface area (Å²) in [5.41, 5.74) is 2.33. The third-order valence-electron chi connectivity index (χ3n) is 3.17. The second-order valence-electron chi connectivity index (χ2n) is 4.45. The fourth-order valence-corrected chi connectivity index (χ4v) is 2.63. The van der Waals surface area contributed by atoms with Crippen LogP contribution in [0.2, 0.25) is 5.02 Å². The van der Waals surface area contributed by atoms with E-state index < -0.39 is 0 Å². The summed E-state index contributed by atoms with van der Waals surface area (Å²) in [5, 5.41) is 0.636. The maximum Gasteiger partial charge on any atom is 0.215 e. The summed E-state index contributed by atoms with van der Waals surface area (Å²) < 4.78 is 7.13. The Morgan fingerprint density at radius 3 is 2.67 bits per heavy atom. The molecule has 0 bridgehead atoms. The van der Waals surface area contributed by atoms with E-state index in [4.69, 9.17) is 27.9 Å². The van der Waals surface area contributed by atoms with Crippen LogP contribution in [0.4, 0.5) is 0 Å². The lowest BCUT2D eigenvalue weighted by Crippen LogP contribution is -2.04. The van der Waals surface area contributed by atoms with Crippen molar-refractivity contribution in [2.75, 3.05) is 13.0 Å². The number of hydrogen-bond donors (Lipinski definition) is 0. The minimum absolute atomic E-state index is 0.477. The van der Waals surface area contributed by atoms with E-state index >= 15 is 0 Å². The standard InChI is InChI=1S/C15H13Cl2N3O/c1-21-14-7-6-11-15(19-14)20(13(18-11)8-9-16)12-5-3-2-4-10(12)17/h2-7H,8-9H2,1H3. The average molecular weight is 322 g/mol. The van der Waals surface area contributed by atoms with Crippen molar-refractivity contribution in [2.24, 2.45) is 0 Å². The van der Waals surface area contributed by atoms with Gasteiger partial charge in [-0.1, -0.05) is 23.7 Å². The van der Waals surface area contributed by atoms with Gasteiger partial charge in [0.2, 0.25) is 5.88 Å². The number of nitrogens with zero attached hydrogens (tertiary/aromatic N) is 3. The highest BCUT2D eigenvalue weighted by Crippen LogP contribution is 2.27. The molecule has 3 aromatic rings. The van der Waals surface area contributed by atoms with Crippen LogP contribution in [0, 0.1) is 0 Å². The lowest BCUT2D eigenvalue weighted by molar-refractivity contribution is 0.399. The zero-order valence-electron chi connectivity index (χ0n) is 11.4. The first-order chi connectivity index (χ1) is 10.2. The number of para-hydroxylation sites is 1. The number of aromatic nitrogens is 3. The van der Waals surface area contributed by atoms with Crippen LogP contribution in [-0.2, 0) is 6.42 Å². The maximum absolute atomic E-state index is 6.32. The lowest BCUT2D eigenvalue weighted by Gasteiger charge is -2.10. The summed E-state index contributed by atoms with van der Waals surface area (Å²) in [5.74, 6) is 1.84. The zero-order chi connectivity index (χ0) is 14.8. The van der Waals surface area contributed by atoms with E-state index in [0.717, 1.165) is 17.0 Å². The highest BCUT2D eigenvalue weighted by atomic mass is 35.5. The summed E-state index contributed by atoms with van der Waals surface area (Å²) in [6, 6.07) is 11.3. The van der Waals surface area contributed by atoms with Gasteiger partial charge in [0.25, 0.3) is 0 Å².